The summed E-state index contributed by atoms with van der Waals surface area (Å²) in [5, 5.41) is 2.26. The number of pyridine rings is 2. The molecule has 142 valence electrons. The Balaban J connectivity index is 1.88. The number of hydrogen-bond acceptors (Lipinski definition) is 5. The number of ether oxygens (including phenoxy) is 2. The number of aromatic amines is 1. The van der Waals surface area contributed by atoms with Gasteiger partial charge in [0.05, 0.1) is 33.7 Å². The highest BCUT2D eigenvalue weighted by atomic mass is 35.5. The van der Waals surface area contributed by atoms with Crippen molar-refractivity contribution in [2.75, 3.05) is 0 Å². The largest absolute Gasteiger partial charge is 0.458 e. The predicted octanol–water partition coefficient (Wildman–Crippen LogP) is 5.43. The zero-order chi connectivity index (χ0) is 19.8. The van der Waals surface area contributed by atoms with E-state index in [-0.39, 0.29) is 6.10 Å². The number of fused-ring (bicyclic) bond motifs is 3. The molecule has 0 saturated carbocycles. The number of nitrogens with one attached hydrogen (secondary N) is 1. The smallest absolute Gasteiger partial charge is 0.357 e. The van der Waals surface area contributed by atoms with Crippen LogP contribution in [0.2, 0.25) is 5.02 Å². The minimum Gasteiger partial charge on any atom is -0.458 e. The van der Waals surface area contributed by atoms with Crippen LogP contribution in [0.3, 0.4) is 0 Å². The van der Waals surface area contributed by atoms with E-state index in [1.807, 2.05) is 39.0 Å². The van der Waals surface area contributed by atoms with Crippen LogP contribution in [0.1, 0.15) is 29.9 Å². The summed E-state index contributed by atoms with van der Waals surface area (Å²) >= 11 is 5.90. The van der Waals surface area contributed by atoms with E-state index in [2.05, 4.69) is 15.0 Å². The number of carbonyl (C=O) groups is 1. The maximum atomic E-state index is 12.4. The Morgan fingerprint density at radius 1 is 1.07 bits per heavy atom. The Kier molecular flexibility index (Phi) is 4.65. The highest BCUT2D eigenvalue weighted by molar-refractivity contribution is 6.30. The van der Waals surface area contributed by atoms with Gasteiger partial charge in [-0.05, 0) is 44.5 Å². The number of nitrogens with zero attached hydrogens (tertiary/aromatic N) is 2. The van der Waals surface area contributed by atoms with E-state index in [0.717, 1.165) is 27.4 Å². The van der Waals surface area contributed by atoms with Crippen LogP contribution >= 0.6 is 11.6 Å². The molecule has 1 aromatic carbocycles. The average Bonchev–Trinajstić information content (AvgIpc) is 3.03. The van der Waals surface area contributed by atoms with Gasteiger partial charge in [0, 0.05) is 17.6 Å². The minimum absolute atomic E-state index is 0.220. The highest BCUT2D eigenvalue weighted by Crippen LogP contribution is 2.37. The molecule has 4 aromatic rings. The van der Waals surface area contributed by atoms with Gasteiger partial charge in [-0.15, -0.1) is 0 Å². The molecule has 1 N–H and O–H groups in total. The van der Waals surface area contributed by atoms with Crippen LogP contribution in [0, 0.1) is 6.92 Å². The quantitative estimate of drug-likeness (QED) is 0.466. The van der Waals surface area contributed by atoms with Gasteiger partial charge in [-0.3, -0.25) is 0 Å². The molecule has 3 heterocycles. The Morgan fingerprint density at radius 2 is 1.89 bits per heavy atom. The number of esters is 1. The lowest BCUT2D eigenvalue weighted by molar-refractivity contribution is 0.0370. The lowest BCUT2D eigenvalue weighted by Crippen LogP contribution is -2.14. The number of carbonyl (C=O) groups excluding carboxylic acids is 1. The SMILES string of the molecule is Cc1c(C(=O)OC(C)C)ncc2[nH]c3cccc(Oc4ccc(Cl)cn4)c3c12. The van der Waals surface area contributed by atoms with Crippen molar-refractivity contribution in [1.29, 1.82) is 0 Å². The first kappa shape index (κ1) is 18.3. The summed E-state index contributed by atoms with van der Waals surface area (Å²) in [5.74, 6) is 0.606. The third kappa shape index (κ3) is 3.27. The second kappa shape index (κ2) is 7.13. The number of aromatic nitrogens is 3. The van der Waals surface area contributed by atoms with Crippen molar-refractivity contribution in [2.45, 2.75) is 26.9 Å². The third-order valence-electron chi connectivity index (χ3n) is 4.32. The minimum atomic E-state index is -0.443. The van der Waals surface area contributed by atoms with E-state index in [1.54, 1.807) is 18.3 Å². The summed E-state index contributed by atoms with van der Waals surface area (Å²) in [7, 11) is 0. The molecule has 0 saturated heterocycles. The van der Waals surface area contributed by atoms with Gasteiger partial charge in [0.2, 0.25) is 5.88 Å². The van der Waals surface area contributed by atoms with Crippen molar-refractivity contribution in [3.63, 3.8) is 0 Å². The van der Waals surface area contributed by atoms with Crippen LogP contribution in [0.5, 0.6) is 11.6 Å². The fourth-order valence-corrected chi connectivity index (χ4v) is 3.27. The summed E-state index contributed by atoms with van der Waals surface area (Å²) in [5.41, 5.74) is 2.71. The Morgan fingerprint density at radius 3 is 2.61 bits per heavy atom. The van der Waals surface area contributed by atoms with E-state index in [1.165, 1.54) is 6.20 Å². The number of hydrogen-bond donors (Lipinski definition) is 1. The number of benzene rings is 1. The van der Waals surface area contributed by atoms with Gasteiger partial charge in [-0.1, -0.05) is 17.7 Å². The van der Waals surface area contributed by atoms with Gasteiger partial charge in [0.1, 0.15) is 5.75 Å². The lowest BCUT2D eigenvalue weighted by Gasteiger charge is -2.10. The fourth-order valence-electron chi connectivity index (χ4n) is 3.16. The number of aryl methyl sites for hydroxylation is 1. The number of halogens is 1. The number of H-pyrrole nitrogens is 1. The molecule has 0 radical (unpaired) electrons. The normalized spacial score (nSPS) is 11.3. The van der Waals surface area contributed by atoms with Gasteiger partial charge >= 0.3 is 5.97 Å². The molecule has 6 nitrogen and oxygen atoms in total. The van der Waals surface area contributed by atoms with Crippen molar-refractivity contribution in [3.05, 3.63) is 59.0 Å². The van der Waals surface area contributed by atoms with Gasteiger partial charge in [-0.2, -0.15) is 0 Å². The average molecular weight is 396 g/mol. The standard InChI is InChI=1S/C21H18ClN3O3/c1-11(2)27-21(26)20-12(3)18-15(10-24-20)25-14-5-4-6-16(19(14)18)28-17-8-7-13(22)9-23-17/h4-11,25H,1-3H3. The van der Waals surface area contributed by atoms with Crippen LogP contribution in [0.15, 0.2) is 42.7 Å². The van der Waals surface area contributed by atoms with Crippen LogP contribution in [-0.4, -0.2) is 27.0 Å². The Bertz CT molecular complexity index is 1180. The summed E-state index contributed by atoms with van der Waals surface area (Å²) in [6.45, 7) is 5.47. The monoisotopic (exact) mass is 395 g/mol. The molecule has 0 aliphatic heterocycles. The molecule has 0 unspecified atom stereocenters. The maximum absolute atomic E-state index is 12.4. The van der Waals surface area contributed by atoms with Crippen LogP contribution in [0.25, 0.3) is 21.8 Å². The molecule has 0 amide bonds. The second-order valence-electron chi connectivity index (χ2n) is 6.69. The molecule has 28 heavy (non-hydrogen) atoms. The molecular formula is C21H18ClN3O3. The molecule has 0 spiro atoms. The van der Waals surface area contributed by atoms with Gasteiger partial charge < -0.3 is 14.5 Å². The molecule has 0 aliphatic carbocycles. The van der Waals surface area contributed by atoms with Crippen molar-refractivity contribution in [3.8, 4) is 11.6 Å². The van der Waals surface area contributed by atoms with Crippen molar-refractivity contribution < 1.29 is 14.3 Å². The molecule has 0 fully saturated rings. The molecule has 3 aromatic heterocycles. The first-order valence-corrected chi connectivity index (χ1v) is 9.22. The summed E-state index contributed by atoms with van der Waals surface area (Å²) in [6.07, 6.45) is 2.95. The third-order valence-corrected chi connectivity index (χ3v) is 4.54. The van der Waals surface area contributed by atoms with Crippen LogP contribution in [0.4, 0.5) is 0 Å². The van der Waals surface area contributed by atoms with E-state index in [0.29, 0.717) is 22.3 Å². The van der Waals surface area contributed by atoms with Crippen molar-refractivity contribution in [2.24, 2.45) is 0 Å². The molecule has 4 rings (SSSR count). The Hall–Kier alpha value is -3.12. The number of rotatable bonds is 4. The Labute approximate surface area is 166 Å². The summed E-state index contributed by atoms with van der Waals surface area (Å²) in [6, 6.07) is 9.12. The molecular weight excluding hydrogens is 378 g/mol. The van der Waals surface area contributed by atoms with Crippen molar-refractivity contribution in [1.82, 2.24) is 15.0 Å². The lowest BCUT2D eigenvalue weighted by atomic mass is 10.1. The van der Waals surface area contributed by atoms with Crippen LogP contribution < -0.4 is 4.74 Å². The van der Waals surface area contributed by atoms with Gasteiger partial charge in [-0.25, -0.2) is 14.8 Å². The predicted molar refractivity (Wildman–Crippen MR) is 108 cm³/mol. The van der Waals surface area contributed by atoms with Gasteiger partial charge in [0.15, 0.2) is 5.69 Å². The van der Waals surface area contributed by atoms with Crippen molar-refractivity contribution >= 4 is 39.4 Å². The molecule has 0 atom stereocenters. The highest BCUT2D eigenvalue weighted by Gasteiger charge is 2.20. The molecule has 0 aliphatic rings. The van der Waals surface area contributed by atoms with E-state index >= 15 is 0 Å². The first-order chi connectivity index (χ1) is 13.4. The summed E-state index contributed by atoms with van der Waals surface area (Å²) < 4.78 is 11.3. The fraction of sp³-hybridized carbons (Fsp3) is 0.190. The van der Waals surface area contributed by atoms with E-state index in [9.17, 15) is 4.79 Å². The zero-order valence-electron chi connectivity index (χ0n) is 15.6. The van der Waals surface area contributed by atoms with Gasteiger partial charge in [0.25, 0.3) is 0 Å². The topological polar surface area (TPSA) is 77.1 Å². The molecule has 7 heteroatoms. The second-order valence-corrected chi connectivity index (χ2v) is 7.13. The summed E-state index contributed by atoms with van der Waals surface area (Å²) in [4.78, 5) is 24.3. The maximum Gasteiger partial charge on any atom is 0.357 e. The van der Waals surface area contributed by atoms with E-state index < -0.39 is 5.97 Å². The first-order valence-electron chi connectivity index (χ1n) is 8.84. The zero-order valence-corrected chi connectivity index (χ0v) is 16.4. The van der Waals surface area contributed by atoms with E-state index in [4.69, 9.17) is 21.1 Å². The van der Waals surface area contributed by atoms with Crippen LogP contribution in [-0.2, 0) is 4.74 Å². The molecule has 0 bridgehead atoms.